The van der Waals surface area contributed by atoms with Crippen molar-refractivity contribution in [3.05, 3.63) is 12.2 Å². The largest absolute Gasteiger partial charge is 0.379 e. The van der Waals surface area contributed by atoms with Gasteiger partial charge in [0.05, 0.1) is 13.2 Å². The Kier molecular flexibility index (Phi) is 4.29. The Morgan fingerprint density at radius 3 is 2.67 bits per heavy atom. The maximum Gasteiger partial charge on any atom is 0.0594 e. The second-order valence-corrected chi connectivity index (χ2v) is 3.18. The van der Waals surface area contributed by atoms with Crippen molar-refractivity contribution in [2.75, 3.05) is 39.4 Å². The Bertz CT molecular complexity index is 141. The van der Waals surface area contributed by atoms with Crippen LogP contribution >= 0.6 is 0 Å². The smallest absolute Gasteiger partial charge is 0.0594 e. The van der Waals surface area contributed by atoms with E-state index < -0.39 is 0 Å². The molecule has 2 N–H and O–H groups in total. The molecular formula is C9H18N2O. The monoisotopic (exact) mass is 170 g/mol. The molecule has 70 valence electrons. The molecule has 0 aromatic heterocycles. The second kappa shape index (κ2) is 5.30. The summed E-state index contributed by atoms with van der Waals surface area (Å²) < 4.78 is 5.25. The summed E-state index contributed by atoms with van der Waals surface area (Å²) in [4.78, 5) is 2.36. The van der Waals surface area contributed by atoms with Crippen LogP contribution in [-0.2, 0) is 4.74 Å². The molecule has 0 atom stereocenters. The van der Waals surface area contributed by atoms with E-state index in [-0.39, 0.29) is 0 Å². The van der Waals surface area contributed by atoms with Crippen LogP contribution in [0.4, 0.5) is 0 Å². The van der Waals surface area contributed by atoms with Crippen LogP contribution in [0.15, 0.2) is 12.2 Å². The predicted octanol–water partition coefficient (Wildman–Crippen LogP) is 0.224. The van der Waals surface area contributed by atoms with Crippen LogP contribution in [0.1, 0.15) is 6.42 Å². The van der Waals surface area contributed by atoms with E-state index in [9.17, 15) is 0 Å². The van der Waals surface area contributed by atoms with Crippen LogP contribution in [0.5, 0.6) is 0 Å². The summed E-state index contributed by atoms with van der Waals surface area (Å²) in [5.41, 5.74) is 6.67. The molecule has 0 bridgehead atoms. The van der Waals surface area contributed by atoms with Crippen molar-refractivity contribution in [1.82, 2.24) is 4.90 Å². The van der Waals surface area contributed by atoms with Crippen molar-refractivity contribution in [2.24, 2.45) is 5.73 Å². The molecule has 12 heavy (non-hydrogen) atoms. The first-order valence-electron chi connectivity index (χ1n) is 4.49. The second-order valence-electron chi connectivity index (χ2n) is 3.18. The van der Waals surface area contributed by atoms with Crippen molar-refractivity contribution in [3.8, 4) is 0 Å². The molecule has 0 radical (unpaired) electrons. The van der Waals surface area contributed by atoms with Gasteiger partial charge in [0.1, 0.15) is 0 Å². The van der Waals surface area contributed by atoms with Crippen molar-refractivity contribution < 1.29 is 4.74 Å². The third-order valence-electron chi connectivity index (χ3n) is 2.05. The Hall–Kier alpha value is -0.380. The maximum atomic E-state index is 5.43. The molecular weight excluding hydrogens is 152 g/mol. The number of rotatable bonds is 4. The van der Waals surface area contributed by atoms with E-state index in [1.807, 2.05) is 0 Å². The van der Waals surface area contributed by atoms with Crippen LogP contribution in [0.2, 0.25) is 0 Å². The molecule has 0 spiro atoms. The quantitative estimate of drug-likeness (QED) is 0.614. The average molecular weight is 170 g/mol. The van der Waals surface area contributed by atoms with Gasteiger partial charge in [0.15, 0.2) is 0 Å². The normalized spacial score (nSPS) is 19.4. The van der Waals surface area contributed by atoms with E-state index >= 15 is 0 Å². The minimum Gasteiger partial charge on any atom is -0.379 e. The van der Waals surface area contributed by atoms with E-state index in [0.717, 1.165) is 39.3 Å². The summed E-state index contributed by atoms with van der Waals surface area (Å²) in [6, 6.07) is 0. The Labute approximate surface area is 74.2 Å². The van der Waals surface area contributed by atoms with Gasteiger partial charge in [0.25, 0.3) is 0 Å². The molecule has 1 rings (SSSR count). The minimum absolute atomic E-state index is 0.711. The van der Waals surface area contributed by atoms with Gasteiger partial charge < -0.3 is 10.5 Å². The topological polar surface area (TPSA) is 38.5 Å². The van der Waals surface area contributed by atoms with Gasteiger partial charge in [0.2, 0.25) is 0 Å². The van der Waals surface area contributed by atoms with E-state index in [1.54, 1.807) is 0 Å². The zero-order chi connectivity index (χ0) is 8.81. The van der Waals surface area contributed by atoms with Crippen LogP contribution in [0.25, 0.3) is 0 Å². The molecule has 3 nitrogen and oxygen atoms in total. The lowest BCUT2D eigenvalue weighted by Crippen LogP contribution is -2.37. The molecule has 0 amide bonds. The van der Waals surface area contributed by atoms with Crippen LogP contribution in [0.3, 0.4) is 0 Å². The highest BCUT2D eigenvalue weighted by Crippen LogP contribution is 2.03. The van der Waals surface area contributed by atoms with Gasteiger partial charge in [-0.25, -0.2) is 0 Å². The Morgan fingerprint density at radius 2 is 2.08 bits per heavy atom. The third-order valence-corrected chi connectivity index (χ3v) is 2.05. The highest BCUT2D eigenvalue weighted by atomic mass is 16.5. The number of ether oxygens (including phenoxy) is 1. The Balaban J connectivity index is 2.15. The summed E-state index contributed by atoms with van der Waals surface area (Å²) in [7, 11) is 0. The summed E-state index contributed by atoms with van der Waals surface area (Å²) in [5.74, 6) is 0. The van der Waals surface area contributed by atoms with Gasteiger partial charge in [-0.3, -0.25) is 4.90 Å². The molecule has 0 unspecified atom stereocenters. The first-order chi connectivity index (χ1) is 5.83. The molecule has 1 fully saturated rings. The first-order valence-corrected chi connectivity index (χ1v) is 4.49. The zero-order valence-electron chi connectivity index (χ0n) is 7.59. The van der Waals surface area contributed by atoms with Crippen LogP contribution in [0, 0.1) is 0 Å². The predicted molar refractivity (Wildman–Crippen MR) is 50.1 cm³/mol. The summed E-state index contributed by atoms with van der Waals surface area (Å²) >= 11 is 0. The van der Waals surface area contributed by atoms with Gasteiger partial charge in [0, 0.05) is 19.6 Å². The molecule has 0 aromatic carbocycles. The standard InChI is InChI=1S/C9H18N2O/c1-9(2-3-10)8-11-4-6-12-7-5-11/h1-8,10H2. The fourth-order valence-electron chi connectivity index (χ4n) is 1.36. The third kappa shape index (κ3) is 3.34. The number of hydrogen-bond donors (Lipinski definition) is 1. The highest BCUT2D eigenvalue weighted by Gasteiger charge is 2.10. The van der Waals surface area contributed by atoms with Crippen molar-refractivity contribution in [3.63, 3.8) is 0 Å². The molecule has 1 saturated heterocycles. The van der Waals surface area contributed by atoms with Crippen molar-refractivity contribution >= 4 is 0 Å². The maximum absolute atomic E-state index is 5.43. The SMILES string of the molecule is C=C(CCN)CN1CCOCC1. The highest BCUT2D eigenvalue weighted by molar-refractivity contribution is 4.97. The molecule has 1 aliphatic rings. The number of morpholine rings is 1. The summed E-state index contributed by atoms with van der Waals surface area (Å²) in [6.45, 7) is 9.45. The molecule has 0 aliphatic carbocycles. The minimum atomic E-state index is 0.711. The molecule has 3 heteroatoms. The fraction of sp³-hybridized carbons (Fsp3) is 0.778. The average Bonchev–Trinajstić information content (AvgIpc) is 2.06. The van der Waals surface area contributed by atoms with Crippen molar-refractivity contribution in [1.29, 1.82) is 0 Å². The number of hydrogen-bond acceptors (Lipinski definition) is 3. The number of nitrogens with two attached hydrogens (primary N) is 1. The first kappa shape index (κ1) is 9.71. The lowest BCUT2D eigenvalue weighted by Gasteiger charge is -2.27. The lowest BCUT2D eigenvalue weighted by molar-refractivity contribution is 0.0420. The zero-order valence-corrected chi connectivity index (χ0v) is 7.59. The van der Waals surface area contributed by atoms with Gasteiger partial charge >= 0.3 is 0 Å². The van der Waals surface area contributed by atoms with Gasteiger partial charge in [-0.1, -0.05) is 12.2 Å². The molecule has 1 heterocycles. The van der Waals surface area contributed by atoms with E-state index in [0.29, 0.717) is 6.54 Å². The molecule has 0 saturated carbocycles. The summed E-state index contributed by atoms with van der Waals surface area (Å²) in [6.07, 6.45) is 0.942. The van der Waals surface area contributed by atoms with E-state index in [4.69, 9.17) is 10.5 Å². The van der Waals surface area contributed by atoms with Crippen LogP contribution in [-0.4, -0.2) is 44.3 Å². The van der Waals surface area contributed by atoms with E-state index in [1.165, 1.54) is 5.57 Å². The Morgan fingerprint density at radius 1 is 1.42 bits per heavy atom. The number of nitrogens with zero attached hydrogens (tertiary/aromatic N) is 1. The fourth-order valence-corrected chi connectivity index (χ4v) is 1.36. The van der Waals surface area contributed by atoms with Gasteiger partial charge in [-0.15, -0.1) is 0 Å². The molecule has 1 aliphatic heterocycles. The lowest BCUT2D eigenvalue weighted by atomic mass is 10.2. The molecule has 0 aromatic rings. The van der Waals surface area contributed by atoms with Gasteiger partial charge in [-0.2, -0.15) is 0 Å². The van der Waals surface area contributed by atoms with E-state index in [2.05, 4.69) is 11.5 Å². The van der Waals surface area contributed by atoms with Crippen molar-refractivity contribution in [2.45, 2.75) is 6.42 Å². The summed E-state index contributed by atoms with van der Waals surface area (Å²) in [5, 5.41) is 0. The van der Waals surface area contributed by atoms with Gasteiger partial charge in [-0.05, 0) is 13.0 Å². The van der Waals surface area contributed by atoms with Crippen LogP contribution < -0.4 is 5.73 Å².